The number of alkyl halides is 1. The number of hydrogen-bond donors (Lipinski definition) is 0. The van der Waals surface area contributed by atoms with Crippen molar-refractivity contribution in [3.63, 3.8) is 0 Å². The van der Waals surface area contributed by atoms with Crippen molar-refractivity contribution in [3.05, 3.63) is 29.3 Å². The molecule has 3 heteroatoms. The predicted molar refractivity (Wildman–Crippen MR) is 75.5 cm³/mol. The van der Waals surface area contributed by atoms with Gasteiger partial charge in [0.25, 0.3) is 0 Å². The molecule has 0 aromatic heterocycles. The van der Waals surface area contributed by atoms with Gasteiger partial charge in [-0.25, -0.2) is 0 Å². The minimum atomic E-state index is -0.0629. The fourth-order valence-corrected chi connectivity index (χ4v) is 3.55. The zero-order chi connectivity index (χ0) is 12.8. The van der Waals surface area contributed by atoms with E-state index in [1.165, 1.54) is 17.5 Å². The maximum Gasteiger partial charge on any atom is 0.123 e. The van der Waals surface area contributed by atoms with Gasteiger partial charge in [0.1, 0.15) is 11.4 Å². The molecule has 0 saturated carbocycles. The highest BCUT2D eigenvalue weighted by atomic mass is 79.9. The third-order valence-corrected chi connectivity index (χ3v) is 4.82. The van der Waals surface area contributed by atoms with Crippen LogP contribution in [0.1, 0.15) is 42.6 Å². The molecule has 0 spiro atoms. The molecule has 3 rings (SSSR count). The Morgan fingerprint density at radius 2 is 2.22 bits per heavy atom. The Morgan fingerprint density at radius 1 is 1.39 bits per heavy atom. The van der Waals surface area contributed by atoms with Gasteiger partial charge in [0.2, 0.25) is 0 Å². The summed E-state index contributed by atoms with van der Waals surface area (Å²) in [6, 6.07) is 6.52. The molecule has 1 aromatic rings. The first kappa shape index (κ1) is 12.5. The van der Waals surface area contributed by atoms with E-state index in [4.69, 9.17) is 9.47 Å². The molecule has 2 aliphatic heterocycles. The molecule has 2 nitrogen and oxygen atoms in total. The highest BCUT2D eigenvalue weighted by molar-refractivity contribution is 9.09. The van der Waals surface area contributed by atoms with Gasteiger partial charge in [-0.3, -0.25) is 0 Å². The van der Waals surface area contributed by atoms with Gasteiger partial charge in [-0.2, -0.15) is 0 Å². The van der Waals surface area contributed by atoms with Crippen LogP contribution in [0, 0.1) is 0 Å². The molecule has 2 heterocycles. The first-order valence-electron chi connectivity index (χ1n) is 6.63. The molecule has 2 unspecified atom stereocenters. The first-order chi connectivity index (χ1) is 8.55. The number of ether oxygens (including phenoxy) is 2. The second-order valence-electron chi connectivity index (χ2n) is 5.86. The van der Waals surface area contributed by atoms with Crippen LogP contribution in [0.2, 0.25) is 0 Å². The van der Waals surface area contributed by atoms with E-state index in [9.17, 15) is 0 Å². The summed E-state index contributed by atoms with van der Waals surface area (Å²) in [4.78, 5) is 0.300. The van der Waals surface area contributed by atoms with Crippen molar-refractivity contribution in [2.24, 2.45) is 0 Å². The van der Waals surface area contributed by atoms with Crippen molar-refractivity contribution in [3.8, 4) is 5.75 Å². The van der Waals surface area contributed by atoms with Gasteiger partial charge >= 0.3 is 0 Å². The largest absolute Gasteiger partial charge is 0.487 e. The molecule has 0 aliphatic carbocycles. The van der Waals surface area contributed by atoms with E-state index in [1.54, 1.807) is 0 Å². The maximum absolute atomic E-state index is 5.91. The Bertz CT molecular complexity index is 450. The number of hydrogen-bond acceptors (Lipinski definition) is 2. The molecule has 0 bridgehead atoms. The summed E-state index contributed by atoms with van der Waals surface area (Å²) < 4.78 is 11.7. The molecule has 2 atom stereocenters. The fourth-order valence-electron chi connectivity index (χ4n) is 2.85. The normalized spacial score (nSPS) is 26.7. The molecule has 98 valence electrons. The Labute approximate surface area is 117 Å². The molecule has 0 N–H and O–H groups in total. The van der Waals surface area contributed by atoms with E-state index >= 15 is 0 Å². The molecule has 1 saturated heterocycles. The summed E-state index contributed by atoms with van der Waals surface area (Å²) in [5, 5.41) is 0. The van der Waals surface area contributed by atoms with Crippen LogP contribution < -0.4 is 4.74 Å². The van der Waals surface area contributed by atoms with Crippen LogP contribution in [0.25, 0.3) is 0 Å². The lowest BCUT2D eigenvalue weighted by molar-refractivity contribution is 0.110. The van der Waals surface area contributed by atoms with Crippen LogP contribution >= 0.6 is 15.9 Å². The van der Waals surface area contributed by atoms with Crippen LogP contribution in [0.4, 0.5) is 0 Å². The lowest BCUT2D eigenvalue weighted by atomic mass is 9.98. The Kier molecular flexibility index (Phi) is 3.15. The van der Waals surface area contributed by atoms with Crippen LogP contribution in [-0.2, 0) is 11.2 Å². The standard InChI is InChI=1S/C15H19BrO2/c1-15(2)9-11-8-10(5-6-12(11)18-15)14(16)13-4-3-7-17-13/h5-6,8,13-14H,3-4,7,9H2,1-2H3. The summed E-state index contributed by atoms with van der Waals surface area (Å²) in [6.45, 7) is 5.17. The van der Waals surface area contributed by atoms with Crippen molar-refractivity contribution in [2.75, 3.05) is 6.61 Å². The molecular weight excluding hydrogens is 292 g/mol. The summed E-state index contributed by atoms with van der Waals surface area (Å²) in [6.07, 6.45) is 3.63. The second-order valence-corrected chi connectivity index (χ2v) is 6.85. The van der Waals surface area contributed by atoms with Gasteiger partial charge in [0.15, 0.2) is 0 Å². The smallest absolute Gasteiger partial charge is 0.123 e. The number of fused-ring (bicyclic) bond motifs is 1. The lowest BCUT2D eigenvalue weighted by Gasteiger charge is -2.17. The lowest BCUT2D eigenvalue weighted by Crippen LogP contribution is -2.24. The van der Waals surface area contributed by atoms with E-state index in [0.717, 1.165) is 25.2 Å². The van der Waals surface area contributed by atoms with Gasteiger partial charge < -0.3 is 9.47 Å². The topological polar surface area (TPSA) is 18.5 Å². The minimum absolute atomic E-state index is 0.0629. The summed E-state index contributed by atoms with van der Waals surface area (Å²) in [7, 11) is 0. The summed E-state index contributed by atoms with van der Waals surface area (Å²) >= 11 is 3.78. The molecule has 18 heavy (non-hydrogen) atoms. The Morgan fingerprint density at radius 3 is 2.94 bits per heavy atom. The zero-order valence-corrected chi connectivity index (χ0v) is 12.5. The van der Waals surface area contributed by atoms with E-state index < -0.39 is 0 Å². The van der Waals surface area contributed by atoms with Gasteiger partial charge in [-0.15, -0.1) is 0 Å². The van der Waals surface area contributed by atoms with Crippen molar-refractivity contribution in [1.29, 1.82) is 0 Å². The van der Waals surface area contributed by atoms with Gasteiger partial charge in [-0.05, 0) is 43.9 Å². The quantitative estimate of drug-likeness (QED) is 0.768. The van der Waals surface area contributed by atoms with E-state index in [-0.39, 0.29) is 5.60 Å². The Balaban J connectivity index is 1.83. The third kappa shape index (κ3) is 2.30. The van der Waals surface area contributed by atoms with Crippen molar-refractivity contribution < 1.29 is 9.47 Å². The highest BCUT2D eigenvalue weighted by Gasteiger charge is 2.31. The van der Waals surface area contributed by atoms with E-state index in [2.05, 4.69) is 48.0 Å². The highest BCUT2D eigenvalue weighted by Crippen LogP contribution is 2.40. The molecule has 1 aromatic carbocycles. The van der Waals surface area contributed by atoms with E-state index in [0.29, 0.717) is 10.9 Å². The zero-order valence-electron chi connectivity index (χ0n) is 10.9. The van der Waals surface area contributed by atoms with Gasteiger partial charge in [0.05, 0.1) is 10.9 Å². The average molecular weight is 311 g/mol. The minimum Gasteiger partial charge on any atom is -0.487 e. The van der Waals surface area contributed by atoms with Crippen LogP contribution in [0.5, 0.6) is 5.75 Å². The molecule has 1 fully saturated rings. The summed E-state index contributed by atoms with van der Waals surface area (Å²) in [5.41, 5.74) is 2.56. The van der Waals surface area contributed by atoms with Gasteiger partial charge in [-0.1, -0.05) is 28.1 Å². The molecule has 2 aliphatic rings. The van der Waals surface area contributed by atoms with Crippen molar-refractivity contribution >= 4 is 15.9 Å². The number of benzene rings is 1. The fraction of sp³-hybridized carbons (Fsp3) is 0.600. The van der Waals surface area contributed by atoms with Crippen molar-refractivity contribution in [2.45, 2.75) is 49.6 Å². The Hall–Kier alpha value is -0.540. The van der Waals surface area contributed by atoms with Crippen LogP contribution in [-0.4, -0.2) is 18.3 Å². The number of halogens is 1. The molecular formula is C15H19BrO2. The first-order valence-corrected chi connectivity index (χ1v) is 7.54. The van der Waals surface area contributed by atoms with Gasteiger partial charge in [0, 0.05) is 13.0 Å². The molecule has 0 radical (unpaired) electrons. The summed E-state index contributed by atoms with van der Waals surface area (Å²) in [5.74, 6) is 1.04. The maximum atomic E-state index is 5.91. The monoisotopic (exact) mass is 310 g/mol. The van der Waals surface area contributed by atoms with Crippen molar-refractivity contribution in [1.82, 2.24) is 0 Å². The number of rotatable bonds is 2. The van der Waals surface area contributed by atoms with E-state index in [1.807, 2.05) is 0 Å². The second kappa shape index (κ2) is 4.53. The average Bonchev–Trinajstić information content (AvgIpc) is 2.91. The third-order valence-electron chi connectivity index (χ3n) is 3.70. The SMILES string of the molecule is CC1(C)Cc2cc(C(Br)C3CCCO3)ccc2O1. The van der Waals surface area contributed by atoms with Crippen LogP contribution in [0.15, 0.2) is 18.2 Å². The molecule has 0 amide bonds. The van der Waals surface area contributed by atoms with Crippen LogP contribution in [0.3, 0.4) is 0 Å². The predicted octanol–water partition coefficient (Wildman–Crippen LogP) is 4.02.